The number of hydrogen-bond donors (Lipinski definition) is 0. The van der Waals surface area contributed by atoms with Gasteiger partial charge in [0, 0.05) is 24.2 Å². The van der Waals surface area contributed by atoms with Crippen molar-refractivity contribution in [3.8, 4) is 11.5 Å². The Kier molecular flexibility index (Phi) is 8.29. The molecule has 0 N–H and O–H groups in total. The molecule has 1 aliphatic heterocycles. The van der Waals surface area contributed by atoms with Crippen LogP contribution in [0.5, 0.6) is 11.5 Å². The summed E-state index contributed by atoms with van der Waals surface area (Å²) in [6.45, 7) is 7.38. The molecule has 0 saturated carbocycles. The highest BCUT2D eigenvalue weighted by molar-refractivity contribution is 6.07. The molecule has 2 aromatic carbocycles. The van der Waals surface area contributed by atoms with Crippen molar-refractivity contribution in [2.45, 2.75) is 33.6 Å². The number of hydrogen-bond acceptors (Lipinski definition) is 6. The number of amides is 2. The summed E-state index contributed by atoms with van der Waals surface area (Å²) in [5, 5.41) is 0. The largest absolute Gasteiger partial charge is 0.490 e. The molecular formula is C25H30N2O6. The van der Waals surface area contributed by atoms with Crippen LogP contribution in [0.15, 0.2) is 42.5 Å². The summed E-state index contributed by atoms with van der Waals surface area (Å²) in [7, 11) is 0. The number of rotatable bonds is 10. The number of esters is 1. The van der Waals surface area contributed by atoms with E-state index in [0.29, 0.717) is 54.5 Å². The fourth-order valence-corrected chi connectivity index (χ4v) is 3.62. The second-order valence-electron chi connectivity index (χ2n) is 7.43. The van der Waals surface area contributed by atoms with E-state index in [2.05, 4.69) is 0 Å². The minimum Gasteiger partial charge on any atom is -0.490 e. The molecule has 0 bridgehead atoms. The second-order valence-corrected chi connectivity index (χ2v) is 7.43. The highest BCUT2D eigenvalue weighted by Gasteiger charge is 2.27. The summed E-state index contributed by atoms with van der Waals surface area (Å²) in [5.41, 5.74) is 1.37. The molecule has 8 heteroatoms. The Labute approximate surface area is 194 Å². The third-order valence-electron chi connectivity index (χ3n) is 5.21. The molecule has 8 nitrogen and oxygen atoms in total. The first kappa shape index (κ1) is 24.1. The molecule has 176 valence electrons. The van der Waals surface area contributed by atoms with Crippen LogP contribution in [0.25, 0.3) is 0 Å². The standard InChI is InChI=1S/C25H30N2O6/c1-4-31-21-14-11-19(16-22(21)32-5-2)24(29)27(17-26-15-7-8-23(26)28)20-12-9-18(10-13-20)25(30)33-6-3/h9-14,16H,4-8,15,17H2,1-3H3. The molecule has 1 aliphatic rings. The maximum atomic E-state index is 13.6. The van der Waals surface area contributed by atoms with Crippen molar-refractivity contribution >= 4 is 23.5 Å². The molecule has 3 rings (SSSR count). The van der Waals surface area contributed by atoms with Crippen molar-refractivity contribution in [1.82, 2.24) is 4.90 Å². The maximum absolute atomic E-state index is 13.6. The molecular weight excluding hydrogens is 424 g/mol. The number of likely N-dealkylation sites (tertiary alicyclic amines) is 1. The molecule has 1 heterocycles. The van der Waals surface area contributed by atoms with Gasteiger partial charge >= 0.3 is 5.97 Å². The van der Waals surface area contributed by atoms with Gasteiger partial charge in [-0.3, -0.25) is 14.5 Å². The topological polar surface area (TPSA) is 85.4 Å². The van der Waals surface area contributed by atoms with Gasteiger partial charge in [-0.1, -0.05) is 0 Å². The first-order chi connectivity index (χ1) is 16.0. The summed E-state index contributed by atoms with van der Waals surface area (Å²) < 4.78 is 16.3. The zero-order valence-corrected chi connectivity index (χ0v) is 19.3. The van der Waals surface area contributed by atoms with Crippen molar-refractivity contribution < 1.29 is 28.6 Å². The van der Waals surface area contributed by atoms with E-state index >= 15 is 0 Å². The Hall–Kier alpha value is -3.55. The van der Waals surface area contributed by atoms with Gasteiger partial charge in [0.1, 0.15) is 6.67 Å². The van der Waals surface area contributed by atoms with Gasteiger partial charge in [0.05, 0.1) is 25.4 Å². The zero-order chi connectivity index (χ0) is 23.8. The molecule has 0 spiro atoms. The fraction of sp³-hybridized carbons (Fsp3) is 0.400. The van der Waals surface area contributed by atoms with Crippen LogP contribution in [0.4, 0.5) is 5.69 Å². The molecule has 0 aromatic heterocycles. The lowest BCUT2D eigenvalue weighted by molar-refractivity contribution is -0.127. The van der Waals surface area contributed by atoms with E-state index in [1.807, 2.05) is 13.8 Å². The number of anilines is 1. The monoisotopic (exact) mass is 454 g/mol. The molecule has 1 saturated heterocycles. The molecule has 0 radical (unpaired) electrons. The average Bonchev–Trinajstić information content (AvgIpc) is 3.23. The van der Waals surface area contributed by atoms with Crippen LogP contribution in [0.2, 0.25) is 0 Å². The fourth-order valence-electron chi connectivity index (χ4n) is 3.62. The predicted octanol–water partition coefficient (Wildman–Crippen LogP) is 3.89. The van der Waals surface area contributed by atoms with Crippen molar-refractivity contribution in [1.29, 1.82) is 0 Å². The normalized spacial score (nSPS) is 13.1. The Bertz CT molecular complexity index is 989. The SMILES string of the molecule is CCOC(=O)c1ccc(N(CN2CCCC2=O)C(=O)c2ccc(OCC)c(OCC)c2)cc1. The van der Waals surface area contributed by atoms with Crippen LogP contribution >= 0.6 is 0 Å². The van der Waals surface area contributed by atoms with Gasteiger partial charge < -0.3 is 19.1 Å². The highest BCUT2D eigenvalue weighted by Crippen LogP contribution is 2.30. The van der Waals surface area contributed by atoms with Crippen molar-refractivity contribution in [3.05, 3.63) is 53.6 Å². The molecule has 0 aliphatic carbocycles. The van der Waals surface area contributed by atoms with Gasteiger partial charge in [0.2, 0.25) is 5.91 Å². The van der Waals surface area contributed by atoms with E-state index in [1.165, 1.54) is 4.90 Å². The maximum Gasteiger partial charge on any atom is 0.338 e. The van der Waals surface area contributed by atoms with E-state index in [4.69, 9.17) is 14.2 Å². The number of carbonyl (C=O) groups excluding carboxylic acids is 3. The summed E-state index contributed by atoms with van der Waals surface area (Å²) in [5.74, 6) is 0.348. The van der Waals surface area contributed by atoms with Crippen LogP contribution in [-0.4, -0.2) is 55.7 Å². The van der Waals surface area contributed by atoms with Gasteiger partial charge in [-0.05, 0) is 69.7 Å². The predicted molar refractivity (Wildman–Crippen MR) is 124 cm³/mol. The van der Waals surface area contributed by atoms with Crippen molar-refractivity contribution in [3.63, 3.8) is 0 Å². The van der Waals surface area contributed by atoms with Crippen LogP contribution in [0.1, 0.15) is 54.3 Å². The quantitative estimate of drug-likeness (QED) is 0.507. The first-order valence-corrected chi connectivity index (χ1v) is 11.2. The lowest BCUT2D eigenvalue weighted by Gasteiger charge is -2.28. The summed E-state index contributed by atoms with van der Waals surface area (Å²) in [4.78, 5) is 41.0. The minimum absolute atomic E-state index is 0.0117. The van der Waals surface area contributed by atoms with E-state index in [9.17, 15) is 14.4 Å². The third kappa shape index (κ3) is 5.83. The van der Waals surface area contributed by atoms with Crippen molar-refractivity contribution in [2.24, 2.45) is 0 Å². The van der Waals surface area contributed by atoms with E-state index in [-0.39, 0.29) is 25.1 Å². The van der Waals surface area contributed by atoms with Gasteiger partial charge in [0.15, 0.2) is 11.5 Å². The molecule has 1 fully saturated rings. The minimum atomic E-state index is -0.426. The Balaban J connectivity index is 1.93. The molecule has 2 amide bonds. The van der Waals surface area contributed by atoms with Gasteiger partial charge in [-0.15, -0.1) is 0 Å². The van der Waals surface area contributed by atoms with Gasteiger partial charge in [0.25, 0.3) is 5.91 Å². The summed E-state index contributed by atoms with van der Waals surface area (Å²) in [6, 6.07) is 11.6. The van der Waals surface area contributed by atoms with E-state index in [0.717, 1.165) is 6.42 Å². The first-order valence-electron chi connectivity index (χ1n) is 11.2. The van der Waals surface area contributed by atoms with Crippen LogP contribution < -0.4 is 14.4 Å². The number of benzene rings is 2. The number of nitrogens with zero attached hydrogens (tertiary/aromatic N) is 2. The smallest absolute Gasteiger partial charge is 0.338 e. The van der Waals surface area contributed by atoms with Crippen LogP contribution in [0.3, 0.4) is 0 Å². The average molecular weight is 455 g/mol. The van der Waals surface area contributed by atoms with Gasteiger partial charge in [-0.25, -0.2) is 4.79 Å². The highest BCUT2D eigenvalue weighted by atomic mass is 16.5. The van der Waals surface area contributed by atoms with Crippen LogP contribution in [-0.2, 0) is 9.53 Å². The molecule has 0 atom stereocenters. The summed E-state index contributed by atoms with van der Waals surface area (Å²) in [6.07, 6.45) is 1.24. The summed E-state index contributed by atoms with van der Waals surface area (Å²) >= 11 is 0. The van der Waals surface area contributed by atoms with Crippen molar-refractivity contribution in [2.75, 3.05) is 37.9 Å². The molecule has 2 aromatic rings. The van der Waals surface area contributed by atoms with E-state index in [1.54, 1.807) is 54.3 Å². The zero-order valence-electron chi connectivity index (χ0n) is 19.3. The third-order valence-corrected chi connectivity index (χ3v) is 5.21. The van der Waals surface area contributed by atoms with Gasteiger partial charge in [-0.2, -0.15) is 0 Å². The number of carbonyl (C=O) groups is 3. The lowest BCUT2D eigenvalue weighted by Crippen LogP contribution is -2.42. The Morgan fingerprint density at radius 2 is 1.58 bits per heavy atom. The van der Waals surface area contributed by atoms with Crippen LogP contribution in [0, 0.1) is 0 Å². The Morgan fingerprint density at radius 1 is 0.909 bits per heavy atom. The second kappa shape index (κ2) is 11.4. The van der Waals surface area contributed by atoms with E-state index < -0.39 is 5.97 Å². The molecule has 0 unspecified atom stereocenters. The lowest BCUT2D eigenvalue weighted by atomic mass is 10.1. The molecule has 33 heavy (non-hydrogen) atoms. The number of ether oxygens (including phenoxy) is 3. The Morgan fingerprint density at radius 3 is 2.18 bits per heavy atom.